The van der Waals surface area contributed by atoms with Crippen LogP contribution in [0.5, 0.6) is 0 Å². The zero-order valence-corrected chi connectivity index (χ0v) is 10.9. The first-order chi connectivity index (χ1) is 8.68. The largest absolute Gasteiger partial charge is 0.481 e. The number of carboxylic acid groups (broad SMARTS) is 1. The molecule has 1 aromatic rings. The number of rotatable bonds is 4. The van der Waals surface area contributed by atoms with E-state index in [1.807, 2.05) is 6.92 Å². The first-order valence-electron chi connectivity index (χ1n) is 6.78. The highest BCUT2D eigenvalue weighted by atomic mass is 16.4. The molecule has 2 rings (SSSR count). The predicted molar refractivity (Wildman–Crippen MR) is 67.2 cm³/mol. The van der Waals surface area contributed by atoms with Crippen LogP contribution < -0.4 is 0 Å². The van der Waals surface area contributed by atoms with Gasteiger partial charge in [-0.1, -0.05) is 25.7 Å². The molecule has 1 aromatic heterocycles. The molecule has 0 radical (unpaired) electrons. The van der Waals surface area contributed by atoms with Gasteiger partial charge in [-0.3, -0.25) is 9.48 Å². The predicted octanol–water partition coefficient (Wildman–Crippen LogP) is 2.27. The lowest BCUT2D eigenvalue weighted by Gasteiger charge is -2.27. The highest BCUT2D eigenvalue weighted by Crippen LogP contribution is 2.38. The van der Waals surface area contributed by atoms with Crippen molar-refractivity contribution < 1.29 is 9.90 Å². The third kappa shape index (κ3) is 2.54. The molecule has 18 heavy (non-hydrogen) atoms. The number of aryl methyl sites for hydroxylation is 1. The maximum absolute atomic E-state index is 11.7. The van der Waals surface area contributed by atoms with Gasteiger partial charge >= 0.3 is 5.97 Å². The summed E-state index contributed by atoms with van der Waals surface area (Å²) >= 11 is 0. The molecule has 0 amide bonds. The fraction of sp³-hybridized carbons (Fsp3) is 0.769. The molecule has 1 saturated carbocycles. The van der Waals surface area contributed by atoms with Crippen LogP contribution in [0.25, 0.3) is 0 Å². The Balaban J connectivity index is 2.22. The molecule has 1 heterocycles. The van der Waals surface area contributed by atoms with E-state index in [2.05, 4.69) is 10.1 Å². The maximum Gasteiger partial charge on any atom is 0.310 e. The normalized spacial score (nSPS) is 19.4. The lowest BCUT2D eigenvalue weighted by atomic mass is 9.77. The van der Waals surface area contributed by atoms with E-state index < -0.39 is 11.4 Å². The molecular weight excluding hydrogens is 230 g/mol. The Labute approximate surface area is 107 Å². The Morgan fingerprint density at radius 2 is 2.06 bits per heavy atom. The molecule has 0 aromatic carbocycles. The van der Waals surface area contributed by atoms with E-state index in [9.17, 15) is 9.90 Å². The summed E-state index contributed by atoms with van der Waals surface area (Å²) in [4.78, 5) is 15.9. The van der Waals surface area contributed by atoms with Crippen molar-refractivity contribution >= 4 is 5.97 Å². The van der Waals surface area contributed by atoms with Crippen LogP contribution in [0.1, 0.15) is 51.3 Å². The van der Waals surface area contributed by atoms with E-state index in [1.165, 1.54) is 6.33 Å². The van der Waals surface area contributed by atoms with E-state index in [0.29, 0.717) is 6.42 Å². The molecule has 1 N–H and O–H groups in total. The van der Waals surface area contributed by atoms with Crippen molar-refractivity contribution in [3.8, 4) is 0 Å². The average Bonchev–Trinajstić information content (AvgIpc) is 2.65. The monoisotopic (exact) mass is 251 g/mol. The second-order valence-electron chi connectivity index (χ2n) is 5.17. The number of nitrogens with zero attached hydrogens (tertiary/aromatic N) is 3. The number of carboxylic acids is 1. The van der Waals surface area contributed by atoms with Crippen molar-refractivity contribution in [2.24, 2.45) is 5.41 Å². The number of aromatic nitrogens is 3. The Hall–Kier alpha value is -1.39. The first-order valence-corrected chi connectivity index (χ1v) is 6.78. The highest BCUT2D eigenvalue weighted by molar-refractivity contribution is 5.75. The molecule has 0 aliphatic heterocycles. The summed E-state index contributed by atoms with van der Waals surface area (Å²) in [5, 5.41) is 13.7. The van der Waals surface area contributed by atoms with Gasteiger partial charge in [-0.25, -0.2) is 4.98 Å². The summed E-state index contributed by atoms with van der Waals surface area (Å²) < 4.78 is 1.80. The molecule has 0 saturated heterocycles. The van der Waals surface area contributed by atoms with E-state index in [4.69, 9.17) is 0 Å². The van der Waals surface area contributed by atoms with Crippen LogP contribution >= 0.6 is 0 Å². The summed E-state index contributed by atoms with van der Waals surface area (Å²) in [7, 11) is 0. The topological polar surface area (TPSA) is 68.0 Å². The number of hydrogen-bond acceptors (Lipinski definition) is 3. The van der Waals surface area contributed by atoms with E-state index in [-0.39, 0.29) is 0 Å². The van der Waals surface area contributed by atoms with Crippen LogP contribution in [0, 0.1) is 5.41 Å². The standard InChI is InChI=1S/C13H21N3O2/c1-2-16-11(14-10-15-16)9-13(12(17)18)7-5-3-4-6-8-13/h10H,2-9H2,1H3,(H,17,18). The molecular formula is C13H21N3O2. The Bertz CT molecular complexity index is 406. The van der Waals surface area contributed by atoms with E-state index in [1.54, 1.807) is 4.68 Å². The Kier molecular flexibility index (Phi) is 3.99. The highest BCUT2D eigenvalue weighted by Gasteiger charge is 2.39. The Morgan fingerprint density at radius 1 is 1.39 bits per heavy atom. The second kappa shape index (κ2) is 5.50. The average molecular weight is 251 g/mol. The summed E-state index contributed by atoms with van der Waals surface area (Å²) in [5.74, 6) is 0.136. The summed E-state index contributed by atoms with van der Waals surface area (Å²) in [6.07, 6.45) is 7.86. The lowest BCUT2D eigenvalue weighted by molar-refractivity contribution is -0.150. The molecule has 0 spiro atoms. The summed E-state index contributed by atoms with van der Waals surface area (Å²) in [5.41, 5.74) is -0.629. The van der Waals surface area contributed by atoms with Crippen LogP contribution in [0.2, 0.25) is 0 Å². The Morgan fingerprint density at radius 3 is 2.61 bits per heavy atom. The zero-order valence-electron chi connectivity index (χ0n) is 10.9. The third-order valence-electron chi connectivity index (χ3n) is 4.01. The van der Waals surface area contributed by atoms with Crippen LogP contribution in [0.15, 0.2) is 6.33 Å². The van der Waals surface area contributed by atoms with Gasteiger partial charge < -0.3 is 5.11 Å². The second-order valence-corrected chi connectivity index (χ2v) is 5.17. The van der Waals surface area contributed by atoms with Gasteiger partial charge in [-0.15, -0.1) is 0 Å². The van der Waals surface area contributed by atoms with Crippen LogP contribution in [0.4, 0.5) is 0 Å². The quantitative estimate of drug-likeness (QED) is 0.833. The van der Waals surface area contributed by atoms with Crippen molar-refractivity contribution in [3.05, 3.63) is 12.2 Å². The van der Waals surface area contributed by atoms with Gasteiger partial charge in [0, 0.05) is 13.0 Å². The SMILES string of the molecule is CCn1ncnc1CC1(C(=O)O)CCCCCC1. The summed E-state index contributed by atoms with van der Waals surface area (Å²) in [6, 6.07) is 0. The van der Waals surface area contributed by atoms with Gasteiger partial charge in [0.1, 0.15) is 12.2 Å². The third-order valence-corrected chi connectivity index (χ3v) is 4.01. The van der Waals surface area contributed by atoms with Crippen LogP contribution in [-0.2, 0) is 17.8 Å². The molecule has 0 atom stereocenters. The van der Waals surface area contributed by atoms with E-state index in [0.717, 1.165) is 50.9 Å². The lowest BCUT2D eigenvalue weighted by Crippen LogP contribution is -2.34. The van der Waals surface area contributed by atoms with Crippen LogP contribution in [-0.4, -0.2) is 25.8 Å². The van der Waals surface area contributed by atoms with Gasteiger partial charge in [-0.05, 0) is 19.8 Å². The molecule has 0 unspecified atom stereocenters. The van der Waals surface area contributed by atoms with Crippen molar-refractivity contribution in [2.45, 2.75) is 58.4 Å². The molecule has 5 heteroatoms. The minimum absolute atomic E-state index is 0.510. The fourth-order valence-corrected chi connectivity index (χ4v) is 2.86. The van der Waals surface area contributed by atoms with Crippen molar-refractivity contribution in [3.63, 3.8) is 0 Å². The number of carbonyl (C=O) groups is 1. The first kappa shape index (κ1) is 13.1. The van der Waals surface area contributed by atoms with Crippen molar-refractivity contribution in [1.82, 2.24) is 14.8 Å². The summed E-state index contributed by atoms with van der Waals surface area (Å²) in [6.45, 7) is 2.74. The minimum atomic E-state index is -0.671. The van der Waals surface area contributed by atoms with Gasteiger partial charge in [0.2, 0.25) is 0 Å². The molecule has 0 bridgehead atoms. The van der Waals surface area contributed by atoms with Crippen molar-refractivity contribution in [1.29, 1.82) is 0 Å². The number of aliphatic carboxylic acids is 1. The van der Waals surface area contributed by atoms with Gasteiger partial charge in [0.15, 0.2) is 0 Å². The minimum Gasteiger partial charge on any atom is -0.481 e. The number of hydrogen-bond donors (Lipinski definition) is 1. The zero-order chi connectivity index (χ0) is 13.0. The molecule has 5 nitrogen and oxygen atoms in total. The smallest absolute Gasteiger partial charge is 0.310 e. The van der Waals surface area contributed by atoms with Gasteiger partial charge in [0.25, 0.3) is 0 Å². The van der Waals surface area contributed by atoms with E-state index >= 15 is 0 Å². The maximum atomic E-state index is 11.7. The fourth-order valence-electron chi connectivity index (χ4n) is 2.86. The van der Waals surface area contributed by atoms with Gasteiger partial charge in [-0.2, -0.15) is 5.10 Å². The van der Waals surface area contributed by atoms with Crippen LogP contribution in [0.3, 0.4) is 0 Å². The molecule has 1 aliphatic rings. The van der Waals surface area contributed by atoms with Crippen molar-refractivity contribution in [2.75, 3.05) is 0 Å². The van der Waals surface area contributed by atoms with Gasteiger partial charge in [0.05, 0.1) is 5.41 Å². The molecule has 1 fully saturated rings. The molecule has 1 aliphatic carbocycles. The molecule has 100 valence electrons.